The monoisotopic (exact) mass is 174 g/mol. The van der Waals surface area contributed by atoms with Gasteiger partial charge in [-0.3, -0.25) is 0 Å². The molecule has 0 spiro atoms. The second-order valence-corrected chi connectivity index (χ2v) is 5.85. The molecule has 4 rings (SSSR count). The normalized spacial score (nSPS) is 61.5. The average molecular weight is 174 g/mol. The molecule has 70 valence electrons. The van der Waals surface area contributed by atoms with Crippen molar-refractivity contribution >= 4 is 0 Å². The maximum Gasteiger partial charge on any atom is -0.0194 e. The minimum absolute atomic E-state index is 0.991. The molecule has 0 nitrogen and oxygen atoms in total. The molecule has 4 aliphatic carbocycles. The van der Waals surface area contributed by atoms with Gasteiger partial charge >= 0.3 is 0 Å². The molecule has 0 aromatic carbocycles. The molecular weight excluding hydrogens is 156 g/mol. The fourth-order valence-electron chi connectivity index (χ4n) is 5.09. The van der Waals surface area contributed by atoms with E-state index in [1.54, 1.807) is 25.7 Å². The SMILES string of the molecule is C1=CC2CC1CC1C3CCC(C3)C21. The number of rotatable bonds is 0. The van der Waals surface area contributed by atoms with Crippen molar-refractivity contribution in [1.82, 2.24) is 0 Å². The van der Waals surface area contributed by atoms with E-state index in [1.165, 1.54) is 6.42 Å². The van der Waals surface area contributed by atoms with Crippen molar-refractivity contribution < 1.29 is 0 Å². The molecule has 4 bridgehead atoms. The zero-order chi connectivity index (χ0) is 8.41. The van der Waals surface area contributed by atoms with Gasteiger partial charge in [-0.2, -0.15) is 0 Å². The first-order valence-corrected chi connectivity index (χ1v) is 6.10. The van der Waals surface area contributed by atoms with Gasteiger partial charge in [-0.05, 0) is 67.6 Å². The second kappa shape index (κ2) is 2.21. The Labute approximate surface area is 80.4 Å². The topological polar surface area (TPSA) is 0 Å². The molecule has 3 fully saturated rings. The van der Waals surface area contributed by atoms with Crippen LogP contribution in [0.3, 0.4) is 0 Å². The van der Waals surface area contributed by atoms with Crippen LogP contribution in [-0.4, -0.2) is 0 Å². The lowest BCUT2D eigenvalue weighted by Crippen LogP contribution is -2.32. The summed E-state index contributed by atoms with van der Waals surface area (Å²) < 4.78 is 0. The van der Waals surface area contributed by atoms with E-state index in [4.69, 9.17) is 0 Å². The number of allylic oxidation sites excluding steroid dienone is 2. The zero-order valence-corrected chi connectivity index (χ0v) is 8.15. The molecule has 0 aliphatic heterocycles. The highest BCUT2D eigenvalue weighted by Crippen LogP contribution is 2.61. The molecule has 13 heavy (non-hydrogen) atoms. The minimum atomic E-state index is 0.991. The Morgan fingerprint density at radius 2 is 1.77 bits per heavy atom. The first-order valence-electron chi connectivity index (χ1n) is 6.10. The average Bonchev–Trinajstić information content (AvgIpc) is 2.81. The van der Waals surface area contributed by atoms with Crippen molar-refractivity contribution in [2.75, 3.05) is 0 Å². The molecule has 3 saturated carbocycles. The van der Waals surface area contributed by atoms with Gasteiger partial charge in [0, 0.05) is 0 Å². The van der Waals surface area contributed by atoms with Gasteiger partial charge in [0.1, 0.15) is 0 Å². The molecular formula is C13H18. The molecule has 0 heteroatoms. The highest BCUT2D eigenvalue weighted by atomic mass is 14.6. The van der Waals surface area contributed by atoms with Crippen LogP contribution in [0, 0.1) is 35.5 Å². The molecule has 6 atom stereocenters. The standard InChI is InChI=1S/C13H18/c1-2-10-5-8(1)6-12-9-3-4-11(7-9)13(10)12/h1-2,8-13H,3-7H2. The number of hydrogen-bond donors (Lipinski definition) is 0. The first kappa shape index (κ1) is 7.09. The molecule has 0 N–H and O–H groups in total. The van der Waals surface area contributed by atoms with Crippen LogP contribution in [0.1, 0.15) is 32.1 Å². The largest absolute Gasteiger partial charge is 0.0851 e. The fourth-order valence-corrected chi connectivity index (χ4v) is 5.09. The first-order chi connectivity index (χ1) is 6.42. The van der Waals surface area contributed by atoms with Gasteiger partial charge in [-0.15, -0.1) is 0 Å². The smallest absolute Gasteiger partial charge is 0.0194 e. The molecule has 0 radical (unpaired) electrons. The lowest BCUT2D eigenvalue weighted by Gasteiger charge is -2.39. The summed E-state index contributed by atoms with van der Waals surface area (Å²) in [6.07, 6.45) is 12.9. The van der Waals surface area contributed by atoms with Crippen LogP contribution < -0.4 is 0 Å². The van der Waals surface area contributed by atoms with Crippen LogP contribution in [0.15, 0.2) is 12.2 Å². The van der Waals surface area contributed by atoms with E-state index in [9.17, 15) is 0 Å². The Kier molecular flexibility index (Phi) is 1.21. The van der Waals surface area contributed by atoms with Gasteiger partial charge in [-0.25, -0.2) is 0 Å². The van der Waals surface area contributed by atoms with Gasteiger partial charge in [0.05, 0.1) is 0 Å². The summed E-state index contributed by atoms with van der Waals surface area (Å²) in [5.41, 5.74) is 0. The molecule has 0 heterocycles. The highest BCUT2D eigenvalue weighted by molar-refractivity contribution is 5.14. The van der Waals surface area contributed by atoms with Crippen molar-refractivity contribution in [2.24, 2.45) is 35.5 Å². The van der Waals surface area contributed by atoms with Gasteiger partial charge in [0.15, 0.2) is 0 Å². The molecule has 0 aromatic rings. The Hall–Kier alpha value is -0.260. The lowest BCUT2D eigenvalue weighted by molar-refractivity contribution is 0.108. The summed E-state index contributed by atoms with van der Waals surface area (Å²) in [6, 6.07) is 0. The Morgan fingerprint density at radius 3 is 2.77 bits per heavy atom. The lowest BCUT2D eigenvalue weighted by atomic mass is 9.65. The van der Waals surface area contributed by atoms with E-state index in [-0.39, 0.29) is 0 Å². The third kappa shape index (κ3) is 0.782. The van der Waals surface area contributed by atoms with Crippen LogP contribution in [0.4, 0.5) is 0 Å². The van der Waals surface area contributed by atoms with Gasteiger partial charge in [-0.1, -0.05) is 12.2 Å². The third-order valence-corrected chi connectivity index (χ3v) is 5.43. The summed E-state index contributed by atoms with van der Waals surface area (Å²) in [4.78, 5) is 0. The van der Waals surface area contributed by atoms with E-state index < -0.39 is 0 Å². The third-order valence-electron chi connectivity index (χ3n) is 5.43. The summed E-state index contributed by atoms with van der Waals surface area (Å²) >= 11 is 0. The predicted molar refractivity (Wildman–Crippen MR) is 53.2 cm³/mol. The maximum atomic E-state index is 2.57. The summed E-state index contributed by atoms with van der Waals surface area (Å²) in [6.45, 7) is 0. The predicted octanol–water partition coefficient (Wildman–Crippen LogP) is 3.24. The molecule has 6 unspecified atom stereocenters. The number of fused-ring (bicyclic) bond motifs is 8. The quantitative estimate of drug-likeness (QED) is 0.494. The van der Waals surface area contributed by atoms with Crippen molar-refractivity contribution in [3.8, 4) is 0 Å². The second-order valence-electron chi connectivity index (χ2n) is 5.85. The van der Waals surface area contributed by atoms with E-state index in [0.717, 1.165) is 35.5 Å². The van der Waals surface area contributed by atoms with E-state index >= 15 is 0 Å². The van der Waals surface area contributed by atoms with E-state index in [0.29, 0.717) is 0 Å². The van der Waals surface area contributed by atoms with Crippen LogP contribution in [0.25, 0.3) is 0 Å². The van der Waals surface area contributed by atoms with Gasteiger partial charge in [0.2, 0.25) is 0 Å². The Morgan fingerprint density at radius 1 is 0.846 bits per heavy atom. The summed E-state index contributed by atoms with van der Waals surface area (Å²) in [5, 5.41) is 0. The Bertz CT molecular complexity index is 265. The maximum absolute atomic E-state index is 2.57. The van der Waals surface area contributed by atoms with Gasteiger partial charge in [0.25, 0.3) is 0 Å². The van der Waals surface area contributed by atoms with Gasteiger partial charge < -0.3 is 0 Å². The summed E-state index contributed by atoms with van der Waals surface area (Å²) in [7, 11) is 0. The minimum Gasteiger partial charge on any atom is -0.0851 e. The summed E-state index contributed by atoms with van der Waals surface area (Å²) in [5.74, 6) is 6.58. The van der Waals surface area contributed by atoms with Crippen molar-refractivity contribution in [1.29, 1.82) is 0 Å². The van der Waals surface area contributed by atoms with Crippen molar-refractivity contribution in [3.05, 3.63) is 12.2 Å². The molecule has 0 saturated heterocycles. The van der Waals surface area contributed by atoms with Crippen LogP contribution in [0.2, 0.25) is 0 Å². The van der Waals surface area contributed by atoms with E-state index in [2.05, 4.69) is 12.2 Å². The van der Waals surface area contributed by atoms with Crippen molar-refractivity contribution in [2.45, 2.75) is 32.1 Å². The molecule has 0 aromatic heterocycles. The molecule has 0 amide bonds. The highest BCUT2D eigenvalue weighted by Gasteiger charge is 2.53. The number of hydrogen-bond acceptors (Lipinski definition) is 0. The van der Waals surface area contributed by atoms with Crippen LogP contribution >= 0.6 is 0 Å². The molecule has 4 aliphatic rings. The van der Waals surface area contributed by atoms with E-state index in [1.807, 2.05) is 0 Å². The van der Waals surface area contributed by atoms with Crippen molar-refractivity contribution in [3.63, 3.8) is 0 Å². The van der Waals surface area contributed by atoms with Crippen LogP contribution in [-0.2, 0) is 0 Å². The zero-order valence-electron chi connectivity index (χ0n) is 8.15. The van der Waals surface area contributed by atoms with Crippen LogP contribution in [0.5, 0.6) is 0 Å². The fraction of sp³-hybridized carbons (Fsp3) is 0.846. The Balaban J connectivity index is 1.74.